The van der Waals surface area contributed by atoms with Gasteiger partial charge in [-0.2, -0.15) is 5.10 Å². The van der Waals surface area contributed by atoms with Crippen molar-refractivity contribution >= 4 is 34.0 Å². The molecule has 0 bridgehead atoms. The highest BCUT2D eigenvalue weighted by molar-refractivity contribution is 6.09. The lowest BCUT2D eigenvalue weighted by atomic mass is 10.1. The molecule has 2 aromatic carbocycles. The summed E-state index contributed by atoms with van der Waals surface area (Å²) in [5.41, 5.74) is 3.83. The zero-order chi connectivity index (χ0) is 17.4. The van der Waals surface area contributed by atoms with Crippen LogP contribution in [0.4, 0.5) is 5.69 Å². The molecule has 2 amide bonds. The van der Waals surface area contributed by atoms with Crippen molar-refractivity contribution in [1.29, 1.82) is 0 Å². The minimum absolute atomic E-state index is 0.120. The molecule has 0 fully saturated rings. The van der Waals surface area contributed by atoms with Crippen molar-refractivity contribution in [3.63, 3.8) is 0 Å². The molecule has 0 saturated carbocycles. The first-order chi connectivity index (χ1) is 11.6. The van der Waals surface area contributed by atoms with Gasteiger partial charge in [0.25, 0.3) is 0 Å². The number of unbranched alkanes of at least 4 members (excludes halogenated alkanes) is 1. The van der Waals surface area contributed by atoms with Crippen molar-refractivity contribution in [3.05, 3.63) is 42.5 Å². The highest BCUT2D eigenvalue weighted by atomic mass is 16.2. The van der Waals surface area contributed by atoms with Crippen LogP contribution in [-0.4, -0.2) is 17.5 Å². The number of hydrogen-bond acceptors (Lipinski definition) is 3. The summed E-state index contributed by atoms with van der Waals surface area (Å²) in [6.07, 6.45) is 2.39. The number of nitrogens with one attached hydrogen (secondary N) is 2. The molecule has 126 valence electrons. The lowest BCUT2D eigenvalue weighted by Crippen LogP contribution is -2.21. The molecule has 0 aromatic heterocycles. The lowest BCUT2D eigenvalue weighted by molar-refractivity contribution is -0.121. The van der Waals surface area contributed by atoms with E-state index in [-0.39, 0.29) is 18.2 Å². The number of benzene rings is 2. The van der Waals surface area contributed by atoms with Gasteiger partial charge in [-0.3, -0.25) is 9.59 Å². The fourth-order valence-electron chi connectivity index (χ4n) is 2.35. The first-order valence-electron chi connectivity index (χ1n) is 8.19. The molecule has 2 aromatic rings. The second kappa shape index (κ2) is 8.82. The number of amides is 2. The fraction of sp³-hybridized carbons (Fsp3) is 0.316. The van der Waals surface area contributed by atoms with Crippen molar-refractivity contribution in [2.24, 2.45) is 5.10 Å². The van der Waals surface area contributed by atoms with E-state index in [9.17, 15) is 9.59 Å². The number of carbonyl (C=O) groups is 2. The molecule has 0 saturated heterocycles. The van der Waals surface area contributed by atoms with Crippen LogP contribution in [-0.2, 0) is 9.59 Å². The number of fused-ring (bicyclic) bond motifs is 1. The second-order valence-electron chi connectivity index (χ2n) is 5.74. The lowest BCUT2D eigenvalue weighted by Gasteiger charge is -2.08. The van der Waals surface area contributed by atoms with Crippen LogP contribution in [0.2, 0.25) is 0 Å². The van der Waals surface area contributed by atoms with Crippen LogP contribution in [0.1, 0.15) is 39.5 Å². The summed E-state index contributed by atoms with van der Waals surface area (Å²) in [4.78, 5) is 23.7. The Morgan fingerprint density at radius 3 is 2.58 bits per heavy atom. The molecule has 0 aliphatic rings. The van der Waals surface area contributed by atoms with E-state index in [4.69, 9.17) is 0 Å². The Morgan fingerprint density at radius 2 is 1.79 bits per heavy atom. The van der Waals surface area contributed by atoms with Gasteiger partial charge in [0.05, 0.1) is 6.42 Å². The first-order valence-corrected chi connectivity index (χ1v) is 8.19. The van der Waals surface area contributed by atoms with E-state index in [0.29, 0.717) is 12.1 Å². The largest absolute Gasteiger partial charge is 0.325 e. The molecular weight excluding hydrogens is 302 g/mol. The molecule has 0 unspecified atom stereocenters. The molecule has 2 rings (SSSR count). The van der Waals surface area contributed by atoms with E-state index in [0.717, 1.165) is 29.3 Å². The number of hydrazone groups is 1. The Hall–Kier alpha value is -2.69. The van der Waals surface area contributed by atoms with E-state index in [2.05, 4.69) is 15.8 Å². The molecule has 0 spiro atoms. The van der Waals surface area contributed by atoms with Crippen LogP contribution in [0.15, 0.2) is 47.6 Å². The van der Waals surface area contributed by atoms with Gasteiger partial charge in [0.2, 0.25) is 11.8 Å². The Balaban J connectivity index is 1.93. The van der Waals surface area contributed by atoms with Gasteiger partial charge in [-0.1, -0.05) is 49.7 Å². The summed E-state index contributed by atoms with van der Waals surface area (Å²) in [6.45, 7) is 3.75. The molecule has 5 nitrogen and oxygen atoms in total. The van der Waals surface area contributed by atoms with Crippen molar-refractivity contribution in [2.75, 3.05) is 5.32 Å². The SMILES string of the molecule is CCCCC(=O)N/N=C(/C)CC(=O)Nc1cccc2ccccc12. The number of rotatable bonds is 7. The third kappa shape index (κ3) is 5.19. The van der Waals surface area contributed by atoms with Crippen molar-refractivity contribution < 1.29 is 9.59 Å². The van der Waals surface area contributed by atoms with Crippen molar-refractivity contribution in [2.45, 2.75) is 39.5 Å². The highest BCUT2D eigenvalue weighted by Crippen LogP contribution is 2.22. The average Bonchev–Trinajstić information content (AvgIpc) is 2.58. The van der Waals surface area contributed by atoms with Crippen LogP contribution in [0.3, 0.4) is 0 Å². The van der Waals surface area contributed by atoms with Gasteiger partial charge in [-0.05, 0) is 24.8 Å². The number of carbonyl (C=O) groups excluding carboxylic acids is 2. The molecule has 24 heavy (non-hydrogen) atoms. The highest BCUT2D eigenvalue weighted by Gasteiger charge is 2.07. The summed E-state index contributed by atoms with van der Waals surface area (Å²) in [7, 11) is 0. The Bertz CT molecular complexity index is 748. The van der Waals surface area contributed by atoms with E-state index in [1.54, 1.807) is 6.92 Å². The van der Waals surface area contributed by atoms with Gasteiger partial charge >= 0.3 is 0 Å². The summed E-state index contributed by atoms with van der Waals surface area (Å²) >= 11 is 0. The summed E-state index contributed by atoms with van der Waals surface area (Å²) in [5, 5.41) is 8.95. The van der Waals surface area contributed by atoms with Gasteiger partial charge in [0.15, 0.2) is 0 Å². The third-order valence-corrected chi connectivity index (χ3v) is 3.61. The zero-order valence-corrected chi connectivity index (χ0v) is 14.1. The van der Waals surface area contributed by atoms with Gasteiger partial charge in [-0.25, -0.2) is 5.43 Å². The van der Waals surface area contributed by atoms with Crippen LogP contribution >= 0.6 is 0 Å². The molecular formula is C19H23N3O2. The fourth-order valence-corrected chi connectivity index (χ4v) is 2.35. The minimum Gasteiger partial charge on any atom is -0.325 e. The summed E-state index contributed by atoms with van der Waals surface area (Å²) in [5.74, 6) is -0.277. The van der Waals surface area contributed by atoms with Gasteiger partial charge in [-0.15, -0.1) is 0 Å². The summed E-state index contributed by atoms with van der Waals surface area (Å²) in [6, 6.07) is 13.7. The smallest absolute Gasteiger partial charge is 0.240 e. The maximum atomic E-state index is 12.2. The van der Waals surface area contributed by atoms with Crippen LogP contribution in [0, 0.1) is 0 Å². The average molecular weight is 325 g/mol. The molecule has 0 atom stereocenters. The van der Waals surface area contributed by atoms with Crippen LogP contribution < -0.4 is 10.7 Å². The van der Waals surface area contributed by atoms with Crippen molar-refractivity contribution in [3.8, 4) is 0 Å². The molecule has 0 radical (unpaired) electrons. The van der Waals surface area contributed by atoms with E-state index >= 15 is 0 Å². The third-order valence-electron chi connectivity index (χ3n) is 3.61. The van der Waals surface area contributed by atoms with Gasteiger partial charge in [0.1, 0.15) is 0 Å². The molecule has 2 N–H and O–H groups in total. The Kier molecular flexibility index (Phi) is 6.49. The quantitative estimate of drug-likeness (QED) is 0.599. The maximum Gasteiger partial charge on any atom is 0.240 e. The van der Waals surface area contributed by atoms with E-state index in [1.165, 1.54) is 0 Å². The standard InChI is InChI=1S/C19H23N3O2/c1-3-4-12-18(23)22-21-14(2)13-19(24)20-17-11-7-9-15-8-5-6-10-16(15)17/h5-11H,3-4,12-13H2,1-2H3,(H,20,24)(H,22,23)/b21-14-. The monoisotopic (exact) mass is 325 g/mol. The number of nitrogens with zero attached hydrogens (tertiary/aromatic N) is 1. The molecule has 0 aliphatic carbocycles. The van der Waals surface area contributed by atoms with Crippen LogP contribution in [0.25, 0.3) is 10.8 Å². The Labute approximate surface area is 142 Å². The Morgan fingerprint density at radius 1 is 1.04 bits per heavy atom. The number of hydrogen-bond donors (Lipinski definition) is 2. The van der Waals surface area contributed by atoms with Gasteiger partial charge in [0, 0.05) is 23.2 Å². The first kappa shape index (κ1) is 17.7. The van der Waals surface area contributed by atoms with E-state index < -0.39 is 0 Å². The minimum atomic E-state index is -0.157. The molecule has 0 heterocycles. The normalized spacial score (nSPS) is 11.3. The second-order valence-corrected chi connectivity index (χ2v) is 5.74. The number of anilines is 1. The van der Waals surface area contributed by atoms with Crippen LogP contribution in [0.5, 0.6) is 0 Å². The zero-order valence-electron chi connectivity index (χ0n) is 14.1. The predicted molar refractivity (Wildman–Crippen MR) is 98.0 cm³/mol. The maximum absolute atomic E-state index is 12.2. The van der Waals surface area contributed by atoms with E-state index in [1.807, 2.05) is 49.4 Å². The molecule has 0 aliphatic heterocycles. The molecule has 5 heteroatoms. The summed E-state index contributed by atoms with van der Waals surface area (Å²) < 4.78 is 0. The van der Waals surface area contributed by atoms with Gasteiger partial charge < -0.3 is 5.32 Å². The predicted octanol–water partition coefficient (Wildman–Crippen LogP) is 3.85. The van der Waals surface area contributed by atoms with Crippen molar-refractivity contribution in [1.82, 2.24) is 5.43 Å². The topological polar surface area (TPSA) is 70.6 Å².